The zero-order valence-electron chi connectivity index (χ0n) is 11.9. The molecule has 1 aliphatic heterocycles. The van der Waals surface area contributed by atoms with Crippen molar-refractivity contribution in [3.05, 3.63) is 18.2 Å². The Morgan fingerprint density at radius 2 is 2.00 bits per heavy atom. The van der Waals surface area contributed by atoms with E-state index in [0.29, 0.717) is 12.7 Å². The van der Waals surface area contributed by atoms with Gasteiger partial charge < -0.3 is 19.5 Å². The summed E-state index contributed by atoms with van der Waals surface area (Å²) in [6.07, 6.45) is 1.15. The Morgan fingerprint density at radius 1 is 1.21 bits per heavy atom. The van der Waals surface area contributed by atoms with Crippen LogP contribution >= 0.6 is 0 Å². The molecule has 1 atom stereocenters. The van der Waals surface area contributed by atoms with Crippen molar-refractivity contribution in [2.75, 3.05) is 19.9 Å². The van der Waals surface area contributed by atoms with E-state index in [2.05, 4.69) is 26.1 Å². The van der Waals surface area contributed by atoms with Crippen molar-refractivity contribution >= 4 is 0 Å². The number of fused-ring (bicyclic) bond motifs is 1. The summed E-state index contributed by atoms with van der Waals surface area (Å²) in [5.41, 5.74) is 0. The second-order valence-corrected chi connectivity index (χ2v) is 5.22. The van der Waals surface area contributed by atoms with Gasteiger partial charge in [0.05, 0.1) is 0 Å². The highest BCUT2D eigenvalue weighted by Crippen LogP contribution is 2.35. The molecule has 1 aromatic rings. The molecule has 4 nitrogen and oxygen atoms in total. The van der Waals surface area contributed by atoms with Crippen LogP contribution in [-0.2, 0) is 0 Å². The first-order valence-corrected chi connectivity index (χ1v) is 6.96. The average molecular weight is 265 g/mol. The average Bonchev–Trinajstić information content (AvgIpc) is 2.84. The molecule has 1 unspecified atom stereocenters. The SMILES string of the molecule is CCC(CNCC(C)C)Oc1ccc2c(c1)OCO2. The van der Waals surface area contributed by atoms with Crippen LogP contribution in [0.3, 0.4) is 0 Å². The van der Waals surface area contributed by atoms with Crippen molar-refractivity contribution < 1.29 is 14.2 Å². The molecule has 1 N–H and O–H groups in total. The van der Waals surface area contributed by atoms with Crippen LogP contribution in [-0.4, -0.2) is 26.0 Å². The normalized spacial score (nSPS) is 14.7. The van der Waals surface area contributed by atoms with Crippen molar-refractivity contribution in [3.8, 4) is 17.2 Å². The predicted octanol–water partition coefficient (Wildman–Crippen LogP) is 2.82. The summed E-state index contributed by atoms with van der Waals surface area (Å²) < 4.78 is 16.6. The van der Waals surface area contributed by atoms with E-state index in [-0.39, 0.29) is 6.10 Å². The minimum atomic E-state index is 0.180. The van der Waals surface area contributed by atoms with Gasteiger partial charge in [-0.15, -0.1) is 0 Å². The summed E-state index contributed by atoms with van der Waals surface area (Å²) >= 11 is 0. The van der Waals surface area contributed by atoms with Gasteiger partial charge >= 0.3 is 0 Å². The molecule has 0 aromatic heterocycles. The second kappa shape index (κ2) is 6.66. The first kappa shape index (κ1) is 14.0. The molecular weight excluding hydrogens is 242 g/mol. The van der Waals surface area contributed by atoms with Crippen LogP contribution in [0.2, 0.25) is 0 Å². The van der Waals surface area contributed by atoms with Gasteiger partial charge in [0.2, 0.25) is 6.79 Å². The lowest BCUT2D eigenvalue weighted by Crippen LogP contribution is -2.32. The van der Waals surface area contributed by atoms with Gasteiger partial charge in [0.25, 0.3) is 0 Å². The fraction of sp³-hybridized carbons (Fsp3) is 0.600. The second-order valence-electron chi connectivity index (χ2n) is 5.22. The number of rotatable bonds is 7. The first-order valence-electron chi connectivity index (χ1n) is 6.96. The highest BCUT2D eigenvalue weighted by molar-refractivity contribution is 5.46. The van der Waals surface area contributed by atoms with Crippen LogP contribution < -0.4 is 19.5 Å². The van der Waals surface area contributed by atoms with E-state index >= 15 is 0 Å². The molecule has 106 valence electrons. The Hall–Kier alpha value is -1.42. The third kappa shape index (κ3) is 4.03. The van der Waals surface area contributed by atoms with Gasteiger partial charge in [-0.25, -0.2) is 0 Å². The minimum absolute atomic E-state index is 0.180. The van der Waals surface area contributed by atoms with Crippen LogP contribution in [0, 0.1) is 5.92 Å². The summed E-state index contributed by atoms with van der Waals surface area (Å²) in [7, 11) is 0. The third-order valence-corrected chi connectivity index (χ3v) is 3.03. The van der Waals surface area contributed by atoms with Crippen LogP contribution in [0.5, 0.6) is 17.2 Å². The van der Waals surface area contributed by atoms with Gasteiger partial charge in [-0.1, -0.05) is 20.8 Å². The molecule has 4 heteroatoms. The summed E-state index contributed by atoms with van der Waals surface area (Å²) in [4.78, 5) is 0. The van der Waals surface area contributed by atoms with Gasteiger partial charge in [0, 0.05) is 12.6 Å². The Bertz CT molecular complexity index is 406. The highest BCUT2D eigenvalue weighted by atomic mass is 16.7. The molecule has 0 aliphatic carbocycles. The molecule has 0 spiro atoms. The standard InChI is InChI=1S/C15H23NO3/c1-4-12(9-16-8-11(2)3)19-13-5-6-14-15(7-13)18-10-17-14/h5-7,11-12,16H,4,8-10H2,1-3H3. The van der Waals surface area contributed by atoms with E-state index in [4.69, 9.17) is 14.2 Å². The minimum Gasteiger partial charge on any atom is -0.489 e. The van der Waals surface area contributed by atoms with E-state index in [1.165, 1.54) is 0 Å². The van der Waals surface area contributed by atoms with Crippen LogP contribution in [0.25, 0.3) is 0 Å². The fourth-order valence-electron chi connectivity index (χ4n) is 1.94. The summed E-state index contributed by atoms with van der Waals surface area (Å²) in [6.45, 7) is 8.71. The van der Waals surface area contributed by atoms with Crippen molar-refractivity contribution in [3.63, 3.8) is 0 Å². The summed E-state index contributed by atoms with van der Waals surface area (Å²) in [6, 6.07) is 5.72. The molecule has 0 amide bonds. The maximum atomic E-state index is 5.97. The first-order chi connectivity index (χ1) is 9.19. The van der Waals surface area contributed by atoms with Gasteiger partial charge in [0.1, 0.15) is 11.9 Å². The van der Waals surface area contributed by atoms with Gasteiger partial charge in [-0.05, 0) is 31.0 Å². The van der Waals surface area contributed by atoms with Crippen molar-refractivity contribution in [2.24, 2.45) is 5.92 Å². The number of nitrogens with one attached hydrogen (secondary N) is 1. The molecule has 1 aromatic carbocycles. The third-order valence-electron chi connectivity index (χ3n) is 3.03. The largest absolute Gasteiger partial charge is 0.489 e. The van der Waals surface area contributed by atoms with E-state index < -0.39 is 0 Å². The smallest absolute Gasteiger partial charge is 0.231 e. The molecule has 0 fully saturated rings. The Morgan fingerprint density at radius 3 is 2.74 bits per heavy atom. The fourth-order valence-corrected chi connectivity index (χ4v) is 1.94. The molecule has 0 radical (unpaired) electrons. The van der Waals surface area contributed by atoms with E-state index in [9.17, 15) is 0 Å². The van der Waals surface area contributed by atoms with Gasteiger partial charge in [0.15, 0.2) is 11.5 Å². The van der Waals surface area contributed by atoms with E-state index in [0.717, 1.165) is 36.8 Å². The number of hydrogen-bond donors (Lipinski definition) is 1. The molecule has 0 bridgehead atoms. The zero-order chi connectivity index (χ0) is 13.7. The zero-order valence-corrected chi connectivity index (χ0v) is 11.9. The summed E-state index contributed by atoms with van der Waals surface area (Å²) in [5.74, 6) is 3.05. The molecule has 19 heavy (non-hydrogen) atoms. The Kier molecular flexibility index (Phi) is 4.91. The van der Waals surface area contributed by atoms with Gasteiger partial charge in [-0.2, -0.15) is 0 Å². The predicted molar refractivity (Wildman–Crippen MR) is 75.0 cm³/mol. The van der Waals surface area contributed by atoms with Crippen LogP contribution in [0.15, 0.2) is 18.2 Å². The highest BCUT2D eigenvalue weighted by Gasteiger charge is 2.15. The van der Waals surface area contributed by atoms with E-state index in [1.54, 1.807) is 0 Å². The monoisotopic (exact) mass is 265 g/mol. The van der Waals surface area contributed by atoms with Crippen molar-refractivity contribution in [1.82, 2.24) is 5.32 Å². The molecule has 0 saturated carbocycles. The van der Waals surface area contributed by atoms with E-state index in [1.807, 2.05) is 18.2 Å². The lowest BCUT2D eigenvalue weighted by Gasteiger charge is -2.19. The van der Waals surface area contributed by atoms with Gasteiger partial charge in [-0.3, -0.25) is 0 Å². The summed E-state index contributed by atoms with van der Waals surface area (Å²) in [5, 5.41) is 3.43. The van der Waals surface area contributed by atoms with Crippen molar-refractivity contribution in [2.45, 2.75) is 33.3 Å². The maximum absolute atomic E-state index is 5.97. The Labute approximate surface area is 115 Å². The topological polar surface area (TPSA) is 39.7 Å². The molecule has 1 aliphatic rings. The van der Waals surface area contributed by atoms with Crippen molar-refractivity contribution in [1.29, 1.82) is 0 Å². The number of hydrogen-bond acceptors (Lipinski definition) is 4. The number of ether oxygens (including phenoxy) is 3. The Balaban J connectivity index is 1.87. The molecule has 2 rings (SSSR count). The molecule has 0 saturated heterocycles. The van der Waals surface area contributed by atoms with Crippen LogP contribution in [0.4, 0.5) is 0 Å². The molecular formula is C15H23NO3. The molecule has 1 heterocycles. The lowest BCUT2D eigenvalue weighted by atomic mass is 10.2. The lowest BCUT2D eigenvalue weighted by molar-refractivity contribution is 0.173. The van der Waals surface area contributed by atoms with Crippen LogP contribution in [0.1, 0.15) is 27.2 Å². The maximum Gasteiger partial charge on any atom is 0.231 e. The number of benzene rings is 1. The quantitative estimate of drug-likeness (QED) is 0.823.